The molecule has 0 amide bonds. The molecule has 1 unspecified atom stereocenters. The Balaban J connectivity index is 2.32. The minimum absolute atomic E-state index is 0.368. The number of nitrogens with one attached hydrogen (secondary N) is 1. The van der Waals surface area contributed by atoms with Crippen LogP contribution in [-0.4, -0.2) is 25.3 Å². The van der Waals surface area contributed by atoms with Gasteiger partial charge < -0.3 is 15.2 Å². The molecule has 0 spiro atoms. The number of rotatable bonds is 3. The molecular formula is C14H21NO2. The summed E-state index contributed by atoms with van der Waals surface area (Å²) in [6.45, 7) is 4.16. The molecule has 3 nitrogen and oxygen atoms in total. The maximum absolute atomic E-state index is 10.1. The van der Waals surface area contributed by atoms with Crippen LogP contribution in [0.4, 0.5) is 0 Å². The average Bonchev–Trinajstić information content (AvgIpc) is 2.39. The van der Waals surface area contributed by atoms with E-state index in [4.69, 9.17) is 4.74 Å². The number of methoxy groups -OCH3 is 1. The van der Waals surface area contributed by atoms with Crippen molar-refractivity contribution in [3.05, 3.63) is 23.3 Å². The lowest BCUT2D eigenvalue weighted by Crippen LogP contribution is -2.28. The number of ether oxygens (including phenoxy) is 1. The van der Waals surface area contributed by atoms with Crippen LogP contribution in [0.2, 0.25) is 0 Å². The lowest BCUT2D eigenvalue weighted by molar-refractivity contribution is 0.395. The Morgan fingerprint density at radius 3 is 2.88 bits per heavy atom. The van der Waals surface area contributed by atoms with Crippen LogP contribution in [0.3, 0.4) is 0 Å². The number of aromatic hydroxyl groups is 1. The maximum Gasteiger partial charge on any atom is 0.125 e. The predicted molar refractivity (Wildman–Crippen MR) is 68.9 cm³/mol. The SMILES string of the molecule is CCc1cc(C2CCCNC2)c(O)cc1OC. The van der Waals surface area contributed by atoms with Crippen molar-refractivity contribution in [2.75, 3.05) is 20.2 Å². The van der Waals surface area contributed by atoms with Crippen LogP contribution in [0.25, 0.3) is 0 Å². The highest BCUT2D eigenvalue weighted by molar-refractivity contribution is 5.47. The zero-order chi connectivity index (χ0) is 12.3. The van der Waals surface area contributed by atoms with E-state index in [-0.39, 0.29) is 0 Å². The third-order valence-corrected chi connectivity index (χ3v) is 3.55. The first-order valence-corrected chi connectivity index (χ1v) is 6.36. The number of benzene rings is 1. The monoisotopic (exact) mass is 235 g/mol. The molecule has 0 aliphatic carbocycles. The number of hydrogen-bond donors (Lipinski definition) is 2. The number of piperidine rings is 1. The number of phenols is 1. The van der Waals surface area contributed by atoms with Crippen molar-refractivity contribution < 1.29 is 9.84 Å². The van der Waals surface area contributed by atoms with E-state index in [1.807, 2.05) is 0 Å². The molecule has 0 radical (unpaired) electrons. The quantitative estimate of drug-likeness (QED) is 0.845. The zero-order valence-electron chi connectivity index (χ0n) is 10.6. The van der Waals surface area contributed by atoms with E-state index in [9.17, 15) is 5.11 Å². The summed E-state index contributed by atoms with van der Waals surface area (Å²) in [5.41, 5.74) is 2.24. The van der Waals surface area contributed by atoms with E-state index in [0.717, 1.165) is 37.2 Å². The van der Waals surface area contributed by atoms with E-state index in [1.54, 1.807) is 13.2 Å². The minimum atomic E-state index is 0.368. The fourth-order valence-corrected chi connectivity index (χ4v) is 2.54. The van der Waals surface area contributed by atoms with Gasteiger partial charge in [-0.3, -0.25) is 0 Å². The molecule has 3 heteroatoms. The van der Waals surface area contributed by atoms with Crippen LogP contribution in [0.1, 0.15) is 36.8 Å². The second-order valence-corrected chi connectivity index (χ2v) is 4.62. The Kier molecular flexibility index (Phi) is 3.89. The fourth-order valence-electron chi connectivity index (χ4n) is 2.54. The molecule has 1 aliphatic heterocycles. The van der Waals surface area contributed by atoms with Gasteiger partial charge in [0, 0.05) is 18.5 Å². The molecule has 94 valence electrons. The van der Waals surface area contributed by atoms with E-state index >= 15 is 0 Å². The highest BCUT2D eigenvalue weighted by atomic mass is 16.5. The molecule has 2 rings (SSSR count). The molecule has 2 N–H and O–H groups in total. The van der Waals surface area contributed by atoms with Crippen LogP contribution in [0.15, 0.2) is 12.1 Å². The number of aryl methyl sites for hydroxylation is 1. The molecule has 1 aromatic rings. The third-order valence-electron chi connectivity index (χ3n) is 3.55. The fraction of sp³-hybridized carbons (Fsp3) is 0.571. The van der Waals surface area contributed by atoms with Gasteiger partial charge in [-0.05, 0) is 43.0 Å². The molecule has 0 saturated carbocycles. The summed E-state index contributed by atoms with van der Waals surface area (Å²) in [7, 11) is 1.65. The van der Waals surface area contributed by atoms with E-state index in [0.29, 0.717) is 11.7 Å². The number of phenolic OH excluding ortho intramolecular Hbond substituents is 1. The lowest BCUT2D eigenvalue weighted by Gasteiger charge is -2.24. The minimum Gasteiger partial charge on any atom is -0.508 e. The highest BCUT2D eigenvalue weighted by Crippen LogP contribution is 2.35. The van der Waals surface area contributed by atoms with Gasteiger partial charge in [0.1, 0.15) is 11.5 Å². The molecule has 1 aromatic carbocycles. The van der Waals surface area contributed by atoms with Gasteiger partial charge in [0.15, 0.2) is 0 Å². The normalized spacial score (nSPS) is 20.2. The summed E-state index contributed by atoms with van der Waals surface area (Å²) >= 11 is 0. The van der Waals surface area contributed by atoms with Gasteiger partial charge in [0.25, 0.3) is 0 Å². The van der Waals surface area contributed by atoms with Gasteiger partial charge in [-0.25, -0.2) is 0 Å². The molecule has 1 saturated heterocycles. The van der Waals surface area contributed by atoms with Gasteiger partial charge in [0.05, 0.1) is 7.11 Å². The van der Waals surface area contributed by atoms with Crippen LogP contribution in [0, 0.1) is 0 Å². The highest BCUT2D eigenvalue weighted by Gasteiger charge is 2.20. The Bertz CT molecular complexity index is 384. The maximum atomic E-state index is 10.1. The third kappa shape index (κ3) is 2.55. The largest absolute Gasteiger partial charge is 0.508 e. The molecular weight excluding hydrogens is 214 g/mol. The second kappa shape index (κ2) is 5.41. The first-order chi connectivity index (χ1) is 8.26. The summed E-state index contributed by atoms with van der Waals surface area (Å²) in [4.78, 5) is 0. The van der Waals surface area contributed by atoms with Gasteiger partial charge in [-0.15, -0.1) is 0 Å². The lowest BCUT2D eigenvalue weighted by atomic mass is 9.89. The first-order valence-electron chi connectivity index (χ1n) is 6.36. The summed E-state index contributed by atoms with van der Waals surface area (Å²) in [5, 5.41) is 13.5. The van der Waals surface area contributed by atoms with Gasteiger partial charge >= 0.3 is 0 Å². The van der Waals surface area contributed by atoms with Crippen molar-refractivity contribution >= 4 is 0 Å². The van der Waals surface area contributed by atoms with Crippen molar-refractivity contribution in [3.8, 4) is 11.5 Å². The Labute approximate surface area is 103 Å². The summed E-state index contributed by atoms with van der Waals surface area (Å²) in [6, 6.07) is 3.86. The van der Waals surface area contributed by atoms with Gasteiger partial charge in [-0.2, -0.15) is 0 Å². The van der Waals surface area contributed by atoms with E-state index < -0.39 is 0 Å². The predicted octanol–water partition coefficient (Wildman–Crippen LogP) is 2.43. The Morgan fingerprint density at radius 1 is 1.47 bits per heavy atom. The standard InChI is InChI=1S/C14H21NO2/c1-3-10-7-12(11-5-4-6-15-9-11)13(16)8-14(10)17-2/h7-8,11,15-16H,3-6,9H2,1-2H3. The van der Waals surface area contributed by atoms with Crippen LogP contribution < -0.4 is 10.1 Å². The van der Waals surface area contributed by atoms with Crippen molar-refractivity contribution in [1.82, 2.24) is 5.32 Å². The molecule has 1 atom stereocenters. The van der Waals surface area contributed by atoms with Crippen molar-refractivity contribution in [3.63, 3.8) is 0 Å². The van der Waals surface area contributed by atoms with Gasteiger partial charge in [-0.1, -0.05) is 6.92 Å². The molecule has 1 heterocycles. The molecule has 17 heavy (non-hydrogen) atoms. The summed E-state index contributed by atoms with van der Waals surface area (Å²) in [5.74, 6) is 1.59. The summed E-state index contributed by atoms with van der Waals surface area (Å²) < 4.78 is 5.28. The molecule has 0 aromatic heterocycles. The van der Waals surface area contributed by atoms with Gasteiger partial charge in [0.2, 0.25) is 0 Å². The Morgan fingerprint density at radius 2 is 2.29 bits per heavy atom. The molecule has 1 aliphatic rings. The van der Waals surface area contributed by atoms with Crippen LogP contribution in [0.5, 0.6) is 11.5 Å². The van der Waals surface area contributed by atoms with Crippen molar-refractivity contribution in [1.29, 1.82) is 0 Å². The first kappa shape index (κ1) is 12.2. The smallest absolute Gasteiger partial charge is 0.125 e. The topological polar surface area (TPSA) is 41.5 Å². The van der Waals surface area contributed by atoms with Crippen LogP contribution in [-0.2, 0) is 6.42 Å². The average molecular weight is 235 g/mol. The summed E-state index contributed by atoms with van der Waals surface area (Å²) in [6.07, 6.45) is 3.25. The zero-order valence-corrected chi connectivity index (χ0v) is 10.6. The molecule has 0 bridgehead atoms. The Hall–Kier alpha value is -1.22. The van der Waals surface area contributed by atoms with Crippen molar-refractivity contribution in [2.24, 2.45) is 0 Å². The van der Waals surface area contributed by atoms with E-state index in [2.05, 4.69) is 18.3 Å². The van der Waals surface area contributed by atoms with Crippen molar-refractivity contribution in [2.45, 2.75) is 32.1 Å². The van der Waals surface area contributed by atoms with Crippen LogP contribution >= 0.6 is 0 Å². The number of hydrogen-bond acceptors (Lipinski definition) is 3. The second-order valence-electron chi connectivity index (χ2n) is 4.62. The molecule has 1 fully saturated rings. The van der Waals surface area contributed by atoms with E-state index in [1.165, 1.54) is 12.0 Å².